The highest BCUT2D eigenvalue weighted by Gasteiger charge is 2.26. The first-order valence-corrected chi connectivity index (χ1v) is 10.2. The van der Waals surface area contributed by atoms with Crippen molar-refractivity contribution < 1.29 is 18.3 Å². The van der Waals surface area contributed by atoms with Gasteiger partial charge in [0, 0.05) is 0 Å². The number of hydrogen-bond acceptors (Lipinski definition) is 4. The summed E-state index contributed by atoms with van der Waals surface area (Å²) in [5.74, 6) is -1.42. The SMILES string of the molecule is NC(N)=Nc1cccc(C[C@H](NS(=O)(=O)c2ccc3ccccc3c2)C(=O)O)c1. The summed E-state index contributed by atoms with van der Waals surface area (Å²) in [6.07, 6.45) is -0.0734. The molecule has 3 rings (SSSR count). The number of aliphatic imine (C=N–C) groups is 1. The van der Waals surface area contributed by atoms with Crippen LogP contribution >= 0.6 is 0 Å². The summed E-state index contributed by atoms with van der Waals surface area (Å²) in [4.78, 5) is 15.6. The van der Waals surface area contributed by atoms with Gasteiger partial charge in [0.2, 0.25) is 10.0 Å². The third-order valence-corrected chi connectivity index (χ3v) is 5.70. The van der Waals surface area contributed by atoms with E-state index in [1.165, 1.54) is 12.1 Å². The van der Waals surface area contributed by atoms with Gasteiger partial charge in [0.1, 0.15) is 6.04 Å². The van der Waals surface area contributed by atoms with E-state index in [2.05, 4.69) is 9.71 Å². The van der Waals surface area contributed by atoms with Gasteiger partial charge in [-0.05, 0) is 47.0 Å². The molecule has 0 aliphatic heterocycles. The van der Waals surface area contributed by atoms with E-state index in [-0.39, 0.29) is 17.3 Å². The predicted octanol–water partition coefficient (Wildman–Crippen LogP) is 1.72. The molecule has 6 N–H and O–H groups in total. The topological polar surface area (TPSA) is 148 Å². The number of aliphatic carboxylic acids is 1. The Balaban J connectivity index is 1.86. The van der Waals surface area contributed by atoms with Crippen molar-refractivity contribution in [2.24, 2.45) is 16.5 Å². The number of guanidine groups is 1. The first-order valence-electron chi connectivity index (χ1n) is 8.67. The summed E-state index contributed by atoms with van der Waals surface area (Å²) in [5, 5.41) is 11.2. The highest BCUT2D eigenvalue weighted by molar-refractivity contribution is 7.89. The maximum absolute atomic E-state index is 12.8. The van der Waals surface area contributed by atoms with Gasteiger partial charge < -0.3 is 16.6 Å². The van der Waals surface area contributed by atoms with E-state index in [0.29, 0.717) is 11.3 Å². The molecule has 0 saturated heterocycles. The van der Waals surface area contributed by atoms with Crippen molar-refractivity contribution in [3.05, 3.63) is 72.3 Å². The van der Waals surface area contributed by atoms with Crippen LogP contribution in [-0.4, -0.2) is 31.5 Å². The molecule has 3 aromatic rings. The summed E-state index contributed by atoms with van der Waals surface area (Å²) in [5.41, 5.74) is 11.7. The van der Waals surface area contributed by atoms with Crippen molar-refractivity contribution in [3.63, 3.8) is 0 Å². The highest BCUT2D eigenvalue weighted by atomic mass is 32.2. The lowest BCUT2D eigenvalue weighted by atomic mass is 10.1. The van der Waals surface area contributed by atoms with E-state index in [1.807, 2.05) is 12.1 Å². The van der Waals surface area contributed by atoms with Crippen LogP contribution in [0, 0.1) is 0 Å². The Morgan fingerprint density at radius 3 is 2.41 bits per heavy atom. The molecule has 0 amide bonds. The monoisotopic (exact) mass is 412 g/mol. The lowest BCUT2D eigenvalue weighted by Gasteiger charge is -2.15. The van der Waals surface area contributed by atoms with Crippen LogP contribution in [0.2, 0.25) is 0 Å². The third kappa shape index (κ3) is 5.09. The fourth-order valence-corrected chi connectivity index (χ4v) is 4.13. The van der Waals surface area contributed by atoms with Crippen molar-refractivity contribution in [1.29, 1.82) is 0 Å². The number of benzene rings is 3. The van der Waals surface area contributed by atoms with Gasteiger partial charge in [-0.1, -0.05) is 42.5 Å². The second-order valence-electron chi connectivity index (χ2n) is 6.43. The van der Waals surface area contributed by atoms with Gasteiger partial charge in [0.25, 0.3) is 0 Å². The van der Waals surface area contributed by atoms with Crippen molar-refractivity contribution in [3.8, 4) is 0 Å². The van der Waals surface area contributed by atoms with E-state index < -0.39 is 22.0 Å². The molecule has 0 unspecified atom stereocenters. The number of hydrogen-bond donors (Lipinski definition) is 4. The Morgan fingerprint density at radius 2 is 1.72 bits per heavy atom. The Kier molecular flexibility index (Phi) is 5.81. The van der Waals surface area contributed by atoms with E-state index in [1.54, 1.807) is 42.5 Å². The van der Waals surface area contributed by atoms with Crippen molar-refractivity contribution in [1.82, 2.24) is 4.72 Å². The summed E-state index contributed by atoms with van der Waals surface area (Å²) in [6, 6.07) is 17.2. The van der Waals surface area contributed by atoms with Crippen molar-refractivity contribution in [2.75, 3.05) is 0 Å². The number of carboxylic acids is 1. The fraction of sp³-hybridized carbons (Fsp3) is 0.100. The molecule has 3 aromatic carbocycles. The van der Waals surface area contributed by atoms with Crippen molar-refractivity contribution in [2.45, 2.75) is 17.4 Å². The second-order valence-corrected chi connectivity index (χ2v) is 8.15. The molecule has 0 aromatic heterocycles. The average Bonchev–Trinajstić information content (AvgIpc) is 2.66. The van der Waals surface area contributed by atoms with Crippen LogP contribution in [0.15, 0.2) is 76.6 Å². The molecular formula is C20H20N4O4S. The number of carbonyl (C=O) groups is 1. The van der Waals surface area contributed by atoms with Crippen LogP contribution in [0.1, 0.15) is 5.56 Å². The maximum atomic E-state index is 12.8. The highest BCUT2D eigenvalue weighted by Crippen LogP contribution is 2.20. The number of nitrogens with two attached hydrogens (primary N) is 2. The van der Waals surface area contributed by atoms with Gasteiger partial charge in [-0.3, -0.25) is 4.79 Å². The number of rotatable bonds is 7. The first kappa shape index (κ1) is 20.3. The Morgan fingerprint density at radius 1 is 1.00 bits per heavy atom. The standard InChI is InChI=1S/C20H20N4O4S/c21-20(22)23-16-7-3-4-13(10-16)11-18(19(25)26)24-29(27,28)17-9-8-14-5-1-2-6-15(14)12-17/h1-10,12,18,24H,11H2,(H,25,26)(H4,21,22,23)/t18-/m0/s1. The zero-order chi connectivity index (χ0) is 21.0. The van der Waals surface area contributed by atoms with Crippen LogP contribution < -0.4 is 16.2 Å². The molecule has 0 heterocycles. The van der Waals surface area contributed by atoms with E-state index in [4.69, 9.17) is 11.5 Å². The van der Waals surface area contributed by atoms with Crippen LogP contribution in [0.5, 0.6) is 0 Å². The molecule has 29 heavy (non-hydrogen) atoms. The van der Waals surface area contributed by atoms with Crippen LogP contribution in [-0.2, 0) is 21.2 Å². The number of sulfonamides is 1. The largest absolute Gasteiger partial charge is 0.480 e. The third-order valence-electron chi connectivity index (χ3n) is 4.24. The molecule has 1 atom stereocenters. The lowest BCUT2D eigenvalue weighted by molar-refractivity contribution is -0.138. The molecule has 8 nitrogen and oxygen atoms in total. The Labute approximate surface area is 167 Å². The van der Waals surface area contributed by atoms with Crippen LogP contribution in [0.3, 0.4) is 0 Å². The molecule has 0 radical (unpaired) electrons. The lowest BCUT2D eigenvalue weighted by Crippen LogP contribution is -2.42. The minimum Gasteiger partial charge on any atom is -0.480 e. The number of nitrogens with one attached hydrogen (secondary N) is 1. The molecule has 0 saturated carbocycles. The molecule has 0 spiro atoms. The fourth-order valence-electron chi connectivity index (χ4n) is 2.91. The second kappa shape index (κ2) is 8.29. The van der Waals surface area contributed by atoms with Gasteiger partial charge in [-0.15, -0.1) is 0 Å². The summed E-state index contributed by atoms with van der Waals surface area (Å²) < 4.78 is 27.8. The maximum Gasteiger partial charge on any atom is 0.322 e. The number of nitrogens with zero attached hydrogens (tertiary/aromatic N) is 1. The Bertz CT molecular complexity index is 1190. The van der Waals surface area contributed by atoms with Crippen LogP contribution in [0.25, 0.3) is 10.8 Å². The van der Waals surface area contributed by atoms with Crippen LogP contribution in [0.4, 0.5) is 5.69 Å². The van der Waals surface area contributed by atoms with E-state index in [0.717, 1.165) is 10.8 Å². The average molecular weight is 412 g/mol. The first-order chi connectivity index (χ1) is 13.7. The normalized spacial score (nSPS) is 12.4. The molecule has 0 bridgehead atoms. The zero-order valence-corrected chi connectivity index (χ0v) is 16.1. The van der Waals surface area contributed by atoms with E-state index in [9.17, 15) is 18.3 Å². The van der Waals surface area contributed by atoms with Gasteiger partial charge in [0.15, 0.2) is 5.96 Å². The quantitative estimate of drug-likeness (QED) is 0.343. The Hall–Kier alpha value is -3.43. The smallest absolute Gasteiger partial charge is 0.322 e. The van der Waals surface area contributed by atoms with E-state index >= 15 is 0 Å². The number of carboxylic acid groups (broad SMARTS) is 1. The van der Waals surface area contributed by atoms with Gasteiger partial charge in [-0.25, -0.2) is 13.4 Å². The molecule has 150 valence electrons. The van der Waals surface area contributed by atoms with Gasteiger partial charge in [0.05, 0.1) is 10.6 Å². The molecule has 0 aliphatic rings. The summed E-state index contributed by atoms with van der Waals surface area (Å²) in [7, 11) is -4.04. The predicted molar refractivity (Wildman–Crippen MR) is 111 cm³/mol. The molecular weight excluding hydrogens is 392 g/mol. The minimum atomic E-state index is -4.04. The van der Waals surface area contributed by atoms with Crippen molar-refractivity contribution >= 4 is 38.4 Å². The minimum absolute atomic E-state index is 0.00305. The summed E-state index contributed by atoms with van der Waals surface area (Å²) in [6.45, 7) is 0. The molecule has 0 fully saturated rings. The zero-order valence-electron chi connectivity index (χ0n) is 15.3. The molecule has 0 aliphatic carbocycles. The van der Waals surface area contributed by atoms with Gasteiger partial charge in [-0.2, -0.15) is 4.72 Å². The summed E-state index contributed by atoms with van der Waals surface area (Å²) >= 11 is 0. The molecule has 9 heteroatoms. The number of fused-ring (bicyclic) bond motifs is 1. The van der Waals surface area contributed by atoms with Gasteiger partial charge >= 0.3 is 5.97 Å².